The van der Waals surface area contributed by atoms with Gasteiger partial charge >= 0.3 is 6.03 Å². The molecular weight excluding hydrogens is 303 g/mol. The number of hydrogen-bond acceptors (Lipinski definition) is 4. The van der Waals surface area contributed by atoms with Crippen LogP contribution in [0.1, 0.15) is 13.3 Å². The van der Waals surface area contributed by atoms with Crippen molar-refractivity contribution >= 4 is 19.2 Å². The highest BCUT2D eigenvalue weighted by atomic mass is 31.2. The van der Waals surface area contributed by atoms with Gasteiger partial charge in [-0.1, -0.05) is 6.58 Å². The Balaban J connectivity index is 2.18. The minimum absolute atomic E-state index is 0.370. The number of amides is 2. The second kappa shape index (κ2) is 5.85. The molecule has 2 amide bonds. The highest BCUT2D eigenvalue weighted by Crippen LogP contribution is 2.43. The first kappa shape index (κ1) is 17.3. The Bertz CT molecular complexity index is 568. The third-order valence-electron chi connectivity index (χ3n) is 4.15. The Morgan fingerprint density at radius 1 is 1.45 bits per heavy atom. The largest absolute Gasteiger partial charge is 0.387 e. The molecule has 0 aromatic rings. The first-order valence-corrected chi connectivity index (χ1v) is 10.3. The van der Waals surface area contributed by atoms with Crippen molar-refractivity contribution in [2.24, 2.45) is 0 Å². The summed E-state index contributed by atoms with van der Waals surface area (Å²) in [5, 5.41) is 25.8. The molecule has 1 fully saturated rings. The third kappa shape index (κ3) is 3.46. The van der Waals surface area contributed by atoms with Crippen LogP contribution in [-0.2, 0) is 4.74 Å². The van der Waals surface area contributed by atoms with Crippen LogP contribution < -0.4 is 10.6 Å². The summed E-state index contributed by atoms with van der Waals surface area (Å²) in [6.45, 7) is 8.56. The summed E-state index contributed by atoms with van der Waals surface area (Å²) in [5.41, 5.74) is 0.0644. The highest BCUT2D eigenvalue weighted by Gasteiger charge is 2.52. The van der Waals surface area contributed by atoms with Crippen molar-refractivity contribution in [3.8, 4) is 0 Å². The lowest BCUT2D eigenvalue weighted by molar-refractivity contribution is -0.0634. The van der Waals surface area contributed by atoms with Crippen LogP contribution in [0, 0.1) is 0 Å². The zero-order valence-corrected chi connectivity index (χ0v) is 14.2. The summed E-state index contributed by atoms with van der Waals surface area (Å²) in [6.07, 6.45) is 4.29. The van der Waals surface area contributed by atoms with Crippen LogP contribution in [-0.4, -0.2) is 65.9 Å². The summed E-state index contributed by atoms with van der Waals surface area (Å²) in [6, 6.07) is -0.381. The van der Waals surface area contributed by atoms with E-state index in [4.69, 9.17) is 4.74 Å². The Morgan fingerprint density at radius 3 is 2.64 bits per heavy atom. The molecule has 1 saturated heterocycles. The van der Waals surface area contributed by atoms with Gasteiger partial charge in [0.25, 0.3) is 0 Å². The molecular formula is C15H25N2O4P. The summed E-state index contributed by atoms with van der Waals surface area (Å²) < 4.78 is 5.98. The van der Waals surface area contributed by atoms with E-state index in [1.165, 1.54) is 6.20 Å². The van der Waals surface area contributed by atoms with Crippen LogP contribution in [0.2, 0.25) is 0 Å². The van der Waals surface area contributed by atoms with Gasteiger partial charge in [-0.25, -0.2) is 4.79 Å². The number of carbonyl (C=O) groups excluding carboxylic acids is 1. The van der Waals surface area contributed by atoms with Gasteiger partial charge in [0.2, 0.25) is 0 Å². The molecule has 0 radical (unpaired) electrons. The molecule has 124 valence electrons. The summed E-state index contributed by atoms with van der Waals surface area (Å²) in [5.74, 6) is 0. The predicted molar refractivity (Wildman–Crippen MR) is 89.6 cm³/mol. The van der Waals surface area contributed by atoms with E-state index in [1.807, 2.05) is 0 Å². The number of carbonyl (C=O) groups is 1. The van der Waals surface area contributed by atoms with E-state index < -0.39 is 30.8 Å². The maximum absolute atomic E-state index is 11.2. The average molecular weight is 328 g/mol. The van der Waals surface area contributed by atoms with Gasteiger partial charge in [-0.3, -0.25) is 0 Å². The molecule has 0 aliphatic carbocycles. The number of aliphatic hydroxyl groups is 2. The predicted octanol–water partition coefficient (Wildman–Crippen LogP) is 0.675. The van der Waals surface area contributed by atoms with Crippen LogP contribution in [0.5, 0.6) is 0 Å². The molecule has 6 nitrogen and oxygen atoms in total. The second-order valence-corrected chi connectivity index (χ2v) is 11.2. The Hall–Kier alpha value is -1.07. The zero-order valence-electron chi connectivity index (χ0n) is 13.3. The maximum atomic E-state index is 11.2. The van der Waals surface area contributed by atoms with E-state index in [1.54, 1.807) is 6.92 Å². The van der Waals surface area contributed by atoms with Crippen molar-refractivity contribution in [2.45, 2.75) is 37.3 Å². The quantitative estimate of drug-likeness (QED) is 0.571. The Labute approximate surface area is 131 Å². The lowest BCUT2D eigenvalue weighted by Gasteiger charge is -2.30. The number of aliphatic hydroxyl groups excluding tert-OH is 2. The van der Waals surface area contributed by atoms with E-state index in [0.717, 1.165) is 6.16 Å². The Kier molecular flexibility index (Phi) is 4.60. The van der Waals surface area contributed by atoms with Crippen LogP contribution in [0.4, 0.5) is 4.79 Å². The minimum Gasteiger partial charge on any atom is -0.387 e. The van der Waals surface area contributed by atoms with Crippen LogP contribution >= 0.6 is 6.89 Å². The number of rotatable bonds is 4. The normalized spacial score (nSPS) is 35.9. The molecule has 2 heterocycles. The van der Waals surface area contributed by atoms with Crippen molar-refractivity contribution in [2.75, 3.05) is 19.5 Å². The lowest BCUT2D eigenvalue weighted by Crippen LogP contribution is -2.42. The van der Waals surface area contributed by atoms with Gasteiger partial charge in [0.05, 0.1) is 5.60 Å². The maximum Gasteiger partial charge on any atom is 0.323 e. The first-order valence-electron chi connectivity index (χ1n) is 7.22. The number of ether oxygens (including phenoxy) is 1. The summed E-state index contributed by atoms with van der Waals surface area (Å²) in [7, 11) is 0. The van der Waals surface area contributed by atoms with Crippen molar-refractivity contribution < 1.29 is 19.7 Å². The second-order valence-electron chi connectivity index (χ2n) is 6.87. The van der Waals surface area contributed by atoms with E-state index in [2.05, 4.69) is 36.8 Å². The molecule has 0 spiro atoms. The van der Waals surface area contributed by atoms with Gasteiger partial charge < -0.3 is 25.6 Å². The molecule has 0 saturated carbocycles. The lowest BCUT2D eigenvalue weighted by atomic mass is 9.92. The Morgan fingerprint density at radius 2 is 2.09 bits per heavy atom. The van der Waals surface area contributed by atoms with E-state index >= 15 is 0 Å². The standard InChI is InChI=1S/C15H25N2O4P/c1-9-10(8-16-14(20)17-9)12-11(18)13(19)15(2,21-12)6-7-22(3,4)5/h8,11-13,18-19H,1,3,6-7H2,2,4-5H3,(H2,16,17,20)/t11-,12-,13-,15+/m0/s1. The van der Waals surface area contributed by atoms with Crippen molar-refractivity contribution in [1.82, 2.24) is 10.6 Å². The minimum atomic E-state index is -1.25. The molecule has 0 aromatic heterocycles. The molecule has 4 N–H and O–H groups in total. The van der Waals surface area contributed by atoms with Crippen LogP contribution in [0.3, 0.4) is 0 Å². The van der Waals surface area contributed by atoms with Gasteiger partial charge in [-0.15, -0.1) is 13.2 Å². The number of urea groups is 1. The van der Waals surface area contributed by atoms with E-state index in [9.17, 15) is 15.0 Å². The third-order valence-corrected chi connectivity index (χ3v) is 5.58. The summed E-state index contributed by atoms with van der Waals surface area (Å²) in [4.78, 5) is 11.2. The first-order chi connectivity index (χ1) is 10.0. The molecule has 0 bridgehead atoms. The zero-order chi connectivity index (χ0) is 16.7. The topological polar surface area (TPSA) is 90.8 Å². The fraction of sp³-hybridized carbons (Fsp3) is 0.600. The highest BCUT2D eigenvalue weighted by molar-refractivity contribution is 7.72. The fourth-order valence-corrected chi connectivity index (χ4v) is 3.71. The van der Waals surface area contributed by atoms with E-state index in [0.29, 0.717) is 17.7 Å². The van der Waals surface area contributed by atoms with Gasteiger partial charge in [0.15, 0.2) is 0 Å². The van der Waals surface area contributed by atoms with Crippen molar-refractivity contribution in [3.05, 3.63) is 24.0 Å². The molecule has 7 heteroatoms. The van der Waals surface area contributed by atoms with Gasteiger partial charge in [0.1, 0.15) is 18.3 Å². The average Bonchev–Trinajstić information content (AvgIpc) is 2.61. The number of nitrogens with one attached hydrogen (secondary N) is 2. The van der Waals surface area contributed by atoms with E-state index in [-0.39, 0.29) is 6.03 Å². The smallest absolute Gasteiger partial charge is 0.323 e. The molecule has 2 aliphatic heterocycles. The molecule has 2 rings (SSSR count). The van der Waals surface area contributed by atoms with Crippen LogP contribution in [0.25, 0.3) is 0 Å². The van der Waals surface area contributed by atoms with Gasteiger partial charge in [-0.2, -0.15) is 0 Å². The molecule has 22 heavy (non-hydrogen) atoms. The van der Waals surface area contributed by atoms with Gasteiger partial charge in [0, 0.05) is 17.5 Å². The number of hydrogen-bond donors (Lipinski definition) is 4. The SMILES string of the molecule is C=C1NC(=O)NC=C1[C@@H]1O[C@](C)(CCP(=C)(C)C)[C@@H](O)[C@H]1O. The fourth-order valence-electron chi connectivity index (χ4n) is 2.66. The van der Waals surface area contributed by atoms with Crippen molar-refractivity contribution in [3.63, 3.8) is 0 Å². The van der Waals surface area contributed by atoms with Crippen molar-refractivity contribution in [1.29, 1.82) is 0 Å². The van der Waals surface area contributed by atoms with Crippen LogP contribution in [0.15, 0.2) is 24.0 Å². The molecule has 0 unspecified atom stereocenters. The molecule has 2 aliphatic rings. The molecule has 4 atom stereocenters. The van der Waals surface area contributed by atoms with Gasteiger partial charge in [-0.05, 0) is 32.8 Å². The summed E-state index contributed by atoms with van der Waals surface area (Å²) >= 11 is 0. The monoisotopic (exact) mass is 328 g/mol. The molecule has 0 aromatic carbocycles.